The van der Waals surface area contributed by atoms with Gasteiger partial charge in [-0.25, -0.2) is 4.79 Å². The Balaban J connectivity index is 2.07. The Kier molecular flexibility index (Phi) is 7.25. The number of carbonyl (C=O) groups is 2. The van der Waals surface area contributed by atoms with Crippen LogP contribution in [0.1, 0.15) is 38.5 Å². The molecule has 0 unspecified atom stereocenters. The summed E-state index contributed by atoms with van der Waals surface area (Å²) in [6, 6.07) is 0.304. The number of urea groups is 1. The largest absolute Gasteiger partial charge is 0.481 e. The van der Waals surface area contributed by atoms with Crippen LogP contribution < -0.4 is 10.6 Å². The number of piperidine rings is 1. The summed E-state index contributed by atoms with van der Waals surface area (Å²) in [5.74, 6) is -0.755. The number of unbranched alkanes of at least 4 members (excludes halogenated alkanes) is 2. The first kappa shape index (κ1) is 15.8. The lowest BCUT2D eigenvalue weighted by Crippen LogP contribution is -2.48. The van der Waals surface area contributed by atoms with Gasteiger partial charge in [0, 0.05) is 26.1 Å². The first-order valence-electron chi connectivity index (χ1n) is 7.04. The van der Waals surface area contributed by atoms with Gasteiger partial charge in [0.25, 0.3) is 0 Å². The van der Waals surface area contributed by atoms with Crippen LogP contribution in [0.15, 0.2) is 0 Å². The molecular formula is C13H25N3O3. The summed E-state index contributed by atoms with van der Waals surface area (Å²) in [5.41, 5.74) is 0. The average molecular weight is 271 g/mol. The highest BCUT2D eigenvalue weighted by Crippen LogP contribution is 2.09. The van der Waals surface area contributed by atoms with E-state index < -0.39 is 5.97 Å². The van der Waals surface area contributed by atoms with E-state index in [1.54, 1.807) is 4.90 Å². The monoisotopic (exact) mass is 271 g/mol. The molecule has 1 heterocycles. The number of hydrogen-bond acceptors (Lipinski definition) is 3. The molecule has 1 rings (SSSR count). The van der Waals surface area contributed by atoms with Gasteiger partial charge >= 0.3 is 12.0 Å². The maximum Gasteiger partial charge on any atom is 0.317 e. The number of carboxylic acid groups (broad SMARTS) is 1. The molecule has 0 radical (unpaired) electrons. The fourth-order valence-corrected chi connectivity index (χ4v) is 2.26. The van der Waals surface area contributed by atoms with Crippen molar-refractivity contribution in [3.8, 4) is 0 Å². The number of hydrogen-bond donors (Lipinski definition) is 3. The van der Waals surface area contributed by atoms with Gasteiger partial charge in [-0.1, -0.05) is 6.42 Å². The van der Waals surface area contributed by atoms with Gasteiger partial charge in [0.05, 0.1) is 0 Å². The second-order valence-corrected chi connectivity index (χ2v) is 5.03. The lowest BCUT2D eigenvalue weighted by molar-refractivity contribution is -0.137. The van der Waals surface area contributed by atoms with Gasteiger partial charge in [-0.15, -0.1) is 0 Å². The normalized spacial score (nSPS) is 16.1. The van der Waals surface area contributed by atoms with E-state index in [2.05, 4.69) is 10.6 Å². The Morgan fingerprint density at radius 3 is 2.58 bits per heavy atom. The predicted octanol–water partition coefficient (Wildman–Crippen LogP) is 1.02. The van der Waals surface area contributed by atoms with Crippen LogP contribution in [0.2, 0.25) is 0 Å². The summed E-state index contributed by atoms with van der Waals surface area (Å²) in [4.78, 5) is 24.0. The molecule has 3 N–H and O–H groups in total. The van der Waals surface area contributed by atoms with E-state index >= 15 is 0 Å². The molecule has 19 heavy (non-hydrogen) atoms. The van der Waals surface area contributed by atoms with Crippen LogP contribution in [0.4, 0.5) is 4.79 Å². The fourth-order valence-electron chi connectivity index (χ4n) is 2.26. The molecule has 110 valence electrons. The van der Waals surface area contributed by atoms with E-state index in [0.717, 1.165) is 38.8 Å². The van der Waals surface area contributed by atoms with Gasteiger partial charge in [-0.2, -0.15) is 0 Å². The molecule has 6 nitrogen and oxygen atoms in total. The minimum atomic E-state index is -0.755. The highest BCUT2D eigenvalue weighted by atomic mass is 16.4. The molecule has 2 amide bonds. The highest BCUT2D eigenvalue weighted by molar-refractivity contribution is 5.74. The zero-order valence-corrected chi connectivity index (χ0v) is 11.7. The molecule has 0 atom stereocenters. The van der Waals surface area contributed by atoms with Gasteiger partial charge in [0.2, 0.25) is 0 Å². The standard InChI is InChI=1S/C13H25N3O3/c1-16(11-6-9-14-10-7-11)13(19)15-8-4-2-3-5-12(17)18/h11,14H,2-10H2,1H3,(H,15,19)(H,17,18). The minimum Gasteiger partial charge on any atom is -0.481 e. The van der Waals surface area contributed by atoms with Crippen LogP contribution >= 0.6 is 0 Å². The molecule has 0 spiro atoms. The molecule has 0 aromatic rings. The number of aliphatic carboxylic acids is 1. The number of rotatable bonds is 7. The van der Waals surface area contributed by atoms with Gasteiger partial charge in [0.1, 0.15) is 0 Å². The lowest BCUT2D eigenvalue weighted by Gasteiger charge is -2.31. The molecule has 0 aromatic heterocycles. The van der Waals surface area contributed by atoms with Crippen molar-refractivity contribution in [1.29, 1.82) is 0 Å². The molecule has 1 saturated heterocycles. The van der Waals surface area contributed by atoms with E-state index in [1.165, 1.54) is 0 Å². The number of carboxylic acids is 1. The lowest BCUT2D eigenvalue weighted by atomic mass is 10.1. The van der Waals surface area contributed by atoms with Crippen LogP contribution in [-0.2, 0) is 4.79 Å². The second-order valence-electron chi connectivity index (χ2n) is 5.03. The second kappa shape index (κ2) is 8.74. The van der Waals surface area contributed by atoms with Crippen molar-refractivity contribution in [1.82, 2.24) is 15.5 Å². The predicted molar refractivity (Wildman–Crippen MR) is 73.2 cm³/mol. The third kappa shape index (κ3) is 6.42. The van der Waals surface area contributed by atoms with Gasteiger partial charge in [-0.05, 0) is 38.8 Å². The quantitative estimate of drug-likeness (QED) is 0.604. The highest BCUT2D eigenvalue weighted by Gasteiger charge is 2.21. The number of amides is 2. The van der Waals surface area contributed by atoms with Crippen molar-refractivity contribution >= 4 is 12.0 Å². The van der Waals surface area contributed by atoms with E-state index in [9.17, 15) is 9.59 Å². The zero-order valence-electron chi connectivity index (χ0n) is 11.7. The Bertz CT molecular complexity index is 291. The van der Waals surface area contributed by atoms with E-state index in [-0.39, 0.29) is 12.5 Å². The maximum absolute atomic E-state index is 11.9. The number of nitrogens with zero attached hydrogens (tertiary/aromatic N) is 1. The number of nitrogens with one attached hydrogen (secondary N) is 2. The summed E-state index contributed by atoms with van der Waals surface area (Å²) in [6.07, 6.45) is 4.56. The Hall–Kier alpha value is -1.30. The Morgan fingerprint density at radius 2 is 1.95 bits per heavy atom. The van der Waals surface area contributed by atoms with Crippen molar-refractivity contribution in [3.05, 3.63) is 0 Å². The maximum atomic E-state index is 11.9. The van der Waals surface area contributed by atoms with Gasteiger partial charge in [-0.3, -0.25) is 4.79 Å². The van der Waals surface area contributed by atoms with E-state index in [1.807, 2.05) is 7.05 Å². The topological polar surface area (TPSA) is 81.7 Å². The smallest absolute Gasteiger partial charge is 0.317 e. The average Bonchev–Trinajstić information content (AvgIpc) is 2.42. The first-order valence-corrected chi connectivity index (χ1v) is 7.04. The third-order valence-electron chi connectivity index (χ3n) is 3.52. The van der Waals surface area contributed by atoms with Crippen LogP contribution in [0.25, 0.3) is 0 Å². The molecule has 1 aliphatic rings. The zero-order chi connectivity index (χ0) is 14.1. The van der Waals surface area contributed by atoms with Crippen molar-refractivity contribution in [2.75, 3.05) is 26.7 Å². The SMILES string of the molecule is CN(C(=O)NCCCCCC(=O)O)C1CCNCC1. The summed E-state index contributed by atoms with van der Waals surface area (Å²) in [7, 11) is 1.84. The van der Waals surface area contributed by atoms with Gasteiger partial charge < -0.3 is 20.6 Å². The van der Waals surface area contributed by atoms with Crippen LogP contribution in [0.3, 0.4) is 0 Å². The summed E-state index contributed by atoms with van der Waals surface area (Å²) in [5, 5.41) is 14.7. The molecule has 1 fully saturated rings. The van der Waals surface area contributed by atoms with Crippen LogP contribution in [0.5, 0.6) is 0 Å². The molecule has 0 aliphatic carbocycles. The molecule has 6 heteroatoms. The van der Waals surface area contributed by atoms with Crippen molar-refractivity contribution in [2.24, 2.45) is 0 Å². The third-order valence-corrected chi connectivity index (χ3v) is 3.52. The Labute approximate surface area is 114 Å². The summed E-state index contributed by atoms with van der Waals surface area (Å²) in [6.45, 7) is 2.56. The molecule has 0 aromatic carbocycles. The van der Waals surface area contributed by atoms with Crippen LogP contribution in [-0.4, -0.2) is 54.7 Å². The summed E-state index contributed by atoms with van der Waals surface area (Å²) < 4.78 is 0. The minimum absolute atomic E-state index is 0.0230. The van der Waals surface area contributed by atoms with Crippen molar-refractivity contribution < 1.29 is 14.7 Å². The summed E-state index contributed by atoms with van der Waals surface area (Å²) >= 11 is 0. The first-order chi connectivity index (χ1) is 9.11. The molecule has 0 bridgehead atoms. The molecule has 1 aliphatic heterocycles. The Morgan fingerprint density at radius 1 is 1.26 bits per heavy atom. The van der Waals surface area contributed by atoms with E-state index in [4.69, 9.17) is 5.11 Å². The van der Waals surface area contributed by atoms with Crippen LogP contribution in [0, 0.1) is 0 Å². The van der Waals surface area contributed by atoms with Gasteiger partial charge in [0.15, 0.2) is 0 Å². The van der Waals surface area contributed by atoms with E-state index in [0.29, 0.717) is 19.0 Å². The molecular weight excluding hydrogens is 246 g/mol. The fraction of sp³-hybridized carbons (Fsp3) is 0.846. The van der Waals surface area contributed by atoms with Crippen molar-refractivity contribution in [3.63, 3.8) is 0 Å². The number of carbonyl (C=O) groups excluding carboxylic acids is 1. The molecule has 0 saturated carbocycles. The van der Waals surface area contributed by atoms with Crippen molar-refractivity contribution in [2.45, 2.75) is 44.6 Å².